The van der Waals surface area contributed by atoms with E-state index in [0.29, 0.717) is 28.3 Å². The molecule has 0 aliphatic carbocycles. The number of hydrogen-bond donors (Lipinski definition) is 1. The van der Waals surface area contributed by atoms with Crippen LogP contribution in [0.15, 0.2) is 33.6 Å². The first-order valence-corrected chi connectivity index (χ1v) is 7.27. The van der Waals surface area contributed by atoms with Gasteiger partial charge in [-0.3, -0.25) is 9.59 Å². The lowest BCUT2D eigenvalue weighted by Gasteiger charge is -2.08. The third-order valence-corrected chi connectivity index (χ3v) is 3.58. The molecule has 2 aromatic heterocycles. The van der Waals surface area contributed by atoms with E-state index in [9.17, 15) is 9.59 Å². The van der Waals surface area contributed by atoms with Gasteiger partial charge in [-0.25, -0.2) is 4.68 Å². The average Bonchev–Trinajstić information content (AvgIpc) is 2.95. The predicted octanol–water partition coefficient (Wildman–Crippen LogP) is 1.65. The second kappa shape index (κ2) is 6.15. The number of rotatable bonds is 4. The van der Waals surface area contributed by atoms with Gasteiger partial charge < -0.3 is 14.6 Å². The Morgan fingerprint density at radius 2 is 2.17 bits per heavy atom. The van der Waals surface area contributed by atoms with E-state index >= 15 is 0 Å². The number of benzene rings is 1. The fourth-order valence-corrected chi connectivity index (χ4v) is 2.49. The summed E-state index contributed by atoms with van der Waals surface area (Å²) >= 11 is 0. The Morgan fingerprint density at radius 1 is 1.38 bits per heavy atom. The molecule has 0 saturated heterocycles. The quantitative estimate of drug-likeness (QED) is 0.782. The van der Waals surface area contributed by atoms with Crippen LogP contribution in [0.4, 0.5) is 5.69 Å². The van der Waals surface area contributed by atoms with Crippen molar-refractivity contribution in [1.29, 1.82) is 0 Å². The molecule has 8 nitrogen and oxygen atoms in total. The summed E-state index contributed by atoms with van der Waals surface area (Å²) in [7, 11) is 1.54. The van der Waals surface area contributed by atoms with Crippen LogP contribution in [0.2, 0.25) is 0 Å². The van der Waals surface area contributed by atoms with Gasteiger partial charge in [-0.05, 0) is 26.0 Å². The lowest BCUT2D eigenvalue weighted by molar-refractivity contribution is -0.117. The van der Waals surface area contributed by atoms with E-state index in [0.717, 1.165) is 4.68 Å². The topological polar surface area (TPSA) is 99.2 Å². The number of carbonyl (C=O) groups excluding carboxylic acids is 1. The predicted molar refractivity (Wildman–Crippen MR) is 87.2 cm³/mol. The van der Waals surface area contributed by atoms with E-state index in [1.807, 2.05) is 0 Å². The Labute approximate surface area is 137 Å². The van der Waals surface area contributed by atoms with Crippen LogP contribution in [0, 0.1) is 13.8 Å². The summed E-state index contributed by atoms with van der Waals surface area (Å²) < 4.78 is 11.2. The number of fused-ring (bicyclic) bond motifs is 1. The van der Waals surface area contributed by atoms with Crippen LogP contribution in [0.5, 0.6) is 5.75 Å². The van der Waals surface area contributed by atoms with Gasteiger partial charge in [0.1, 0.15) is 18.1 Å². The Kier molecular flexibility index (Phi) is 4.03. The number of carbonyl (C=O) groups is 1. The van der Waals surface area contributed by atoms with Crippen LogP contribution in [0.25, 0.3) is 10.9 Å². The van der Waals surface area contributed by atoms with Crippen molar-refractivity contribution in [3.63, 3.8) is 0 Å². The first-order valence-electron chi connectivity index (χ1n) is 7.27. The van der Waals surface area contributed by atoms with E-state index in [1.165, 1.54) is 0 Å². The lowest BCUT2D eigenvalue weighted by Crippen LogP contribution is -2.30. The van der Waals surface area contributed by atoms with Crippen molar-refractivity contribution in [3.8, 4) is 5.75 Å². The highest BCUT2D eigenvalue weighted by Gasteiger charge is 2.16. The van der Waals surface area contributed by atoms with Crippen molar-refractivity contribution >= 4 is 22.5 Å². The number of hydrogen-bond acceptors (Lipinski definition) is 6. The zero-order valence-electron chi connectivity index (χ0n) is 13.5. The van der Waals surface area contributed by atoms with Gasteiger partial charge in [0.25, 0.3) is 5.56 Å². The van der Waals surface area contributed by atoms with Crippen molar-refractivity contribution in [3.05, 3.63) is 46.1 Å². The number of nitrogens with zero attached hydrogens (tertiary/aromatic N) is 3. The van der Waals surface area contributed by atoms with Crippen molar-refractivity contribution in [1.82, 2.24) is 14.9 Å². The van der Waals surface area contributed by atoms with Gasteiger partial charge in [-0.1, -0.05) is 11.2 Å². The van der Waals surface area contributed by atoms with Crippen LogP contribution < -0.4 is 15.6 Å². The number of amides is 1. The van der Waals surface area contributed by atoms with Crippen LogP contribution in [0.3, 0.4) is 0 Å². The molecule has 0 saturated carbocycles. The summed E-state index contributed by atoms with van der Waals surface area (Å²) in [6, 6.07) is 6.94. The Balaban J connectivity index is 1.85. The van der Waals surface area contributed by atoms with Crippen LogP contribution in [-0.2, 0) is 11.3 Å². The summed E-state index contributed by atoms with van der Waals surface area (Å²) in [6.45, 7) is 3.23. The van der Waals surface area contributed by atoms with Gasteiger partial charge in [0, 0.05) is 11.8 Å². The highest BCUT2D eigenvalue weighted by molar-refractivity contribution is 5.91. The van der Waals surface area contributed by atoms with E-state index in [-0.39, 0.29) is 18.0 Å². The molecule has 0 atom stereocenters. The lowest BCUT2D eigenvalue weighted by atomic mass is 10.2. The Bertz CT molecular complexity index is 974. The molecule has 124 valence electrons. The zero-order valence-corrected chi connectivity index (χ0v) is 13.5. The molecule has 1 aromatic carbocycles. The molecular formula is C16H16N4O4. The molecule has 8 heteroatoms. The minimum absolute atomic E-state index is 0.175. The van der Waals surface area contributed by atoms with Gasteiger partial charge in [0.2, 0.25) is 5.91 Å². The smallest absolute Gasteiger partial charge is 0.297 e. The average molecular weight is 328 g/mol. The molecule has 0 aliphatic heterocycles. The molecule has 24 heavy (non-hydrogen) atoms. The van der Waals surface area contributed by atoms with Crippen molar-refractivity contribution in [2.75, 3.05) is 12.4 Å². The van der Waals surface area contributed by atoms with Gasteiger partial charge in [-0.15, -0.1) is 0 Å². The number of anilines is 1. The maximum atomic E-state index is 12.4. The van der Waals surface area contributed by atoms with Crippen molar-refractivity contribution in [2.24, 2.45) is 0 Å². The largest absolute Gasteiger partial charge is 0.497 e. The summed E-state index contributed by atoms with van der Waals surface area (Å²) in [5.41, 5.74) is 0.863. The molecule has 3 aromatic rings. The number of nitrogens with one attached hydrogen (secondary N) is 1. The SMILES string of the molecule is COc1cccc(NC(=O)Cn2nc(C)c3c(C)onc3c2=O)c1. The number of aryl methyl sites for hydroxylation is 2. The van der Waals surface area contributed by atoms with Gasteiger partial charge in [0.05, 0.1) is 18.2 Å². The molecule has 0 spiro atoms. The summed E-state index contributed by atoms with van der Waals surface area (Å²) in [5.74, 6) is 0.773. The Morgan fingerprint density at radius 3 is 2.92 bits per heavy atom. The monoisotopic (exact) mass is 328 g/mol. The summed E-state index contributed by atoms with van der Waals surface area (Å²) in [6.07, 6.45) is 0. The maximum Gasteiger partial charge on any atom is 0.297 e. The highest BCUT2D eigenvalue weighted by Crippen LogP contribution is 2.17. The van der Waals surface area contributed by atoms with Gasteiger partial charge >= 0.3 is 0 Å². The first-order chi connectivity index (χ1) is 11.5. The van der Waals surface area contributed by atoms with E-state index < -0.39 is 5.56 Å². The number of aromatic nitrogens is 3. The van der Waals surface area contributed by atoms with Crippen molar-refractivity contribution in [2.45, 2.75) is 20.4 Å². The fourth-order valence-electron chi connectivity index (χ4n) is 2.49. The molecular weight excluding hydrogens is 312 g/mol. The highest BCUT2D eigenvalue weighted by atomic mass is 16.5. The summed E-state index contributed by atoms with van der Waals surface area (Å²) in [5, 5.41) is 11.2. The number of methoxy groups -OCH3 is 1. The molecule has 0 fully saturated rings. The normalized spacial score (nSPS) is 10.8. The molecule has 0 radical (unpaired) electrons. The second-order valence-electron chi connectivity index (χ2n) is 5.29. The number of ether oxygens (including phenoxy) is 1. The zero-order chi connectivity index (χ0) is 17.3. The molecule has 1 amide bonds. The minimum atomic E-state index is -0.465. The van der Waals surface area contributed by atoms with Crippen LogP contribution in [-0.4, -0.2) is 28.0 Å². The van der Waals surface area contributed by atoms with E-state index in [2.05, 4.69) is 15.6 Å². The van der Waals surface area contributed by atoms with Crippen LogP contribution in [0.1, 0.15) is 11.5 Å². The molecule has 0 bridgehead atoms. The molecule has 2 heterocycles. The van der Waals surface area contributed by atoms with Gasteiger partial charge in [0.15, 0.2) is 5.52 Å². The van der Waals surface area contributed by atoms with E-state index in [1.54, 1.807) is 45.2 Å². The van der Waals surface area contributed by atoms with Gasteiger partial charge in [-0.2, -0.15) is 5.10 Å². The van der Waals surface area contributed by atoms with E-state index in [4.69, 9.17) is 9.26 Å². The standard InChI is InChI=1S/C16H16N4O4/c1-9-14-10(2)24-19-15(14)16(22)20(18-9)8-13(21)17-11-5-4-6-12(7-11)23-3/h4-7H,8H2,1-3H3,(H,17,21). The van der Waals surface area contributed by atoms with Crippen molar-refractivity contribution < 1.29 is 14.1 Å². The third-order valence-electron chi connectivity index (χ3n) is 3.58. The fraction of sp³-hybridized carbons (Fsp3) is 0.250. The maximum absolute atomic E-state index is 12.4. The minimum Gasteiger partial charge on any atom is -0.497 e. The molecule has 3 rings (SSSR count). The molecule has 0 unspecified atom stereocenters. The first kappa shape index (κ1) is 15.7. The third kappa shape index (κ3) is 2.85. The van der Waals surface area contributed by atoms with Crippen LogP contribution >= 0.6 is 0 Å². The Hall–Kier alpha value is -3.16. The summed E-state index contributed by atoms with van der Waals surface area (Å²) in [4.78, 5) is 24.6. The molecule has 0 aliphatic rings. The second-order valence-corrected chi connectivity index (χ2v) is 5.29. The molecule has 1 N–H and O–H groups in total.